The lowest BCUT2D eigenvalue weighted by Gasteiger charge is -2.28. The van der Waals surface area contributed by atoms with Crippen LogP contribution in [0.3, 0.4) is 0 Å². The van der Waals surface area contributed by atoms with Crippen molar-refractivity contribution in [3.05, 3.63) is 22.4 Å². The highest BCUT2D eigenvalue weighted by atomic mass is 19.1. The fourth-order valence-corrected chi connectivity index (χ4v) is 3.09. The summed E-state index contributed by atoms with van der Waals surface area (Å²) < 4.78 is 21.1. The Balaban J connectivity index is 2.25. The van der Waals surface area contributed by atoms with E-state index in [1.165, 1.54) is 13.8 Å². The maximum Gasteiger partial charge on any atom is 0.264 e. The molecular weight excluding hydrogens is 333 g/mol. The summed E-state index contributed by atoms with van der Waals surface area (Å²) in [6.07, 6.45) is -3.70. The molecule has 1 fully saturated rings. The molecule has 5 atom stereocenters. The smallest absolute Gasteiger partial charge is 0.264 e. The van der Waals surface area contributed by atoms with Gasteiger partial charge in [0, 0.05) is 6.20 Å². The normalized spacial score (nSPS) is 30.2. The maximum absolute atomic E-state index is 14.3. The summed E-state index contributed by atoms with van der Waals surface area (Å²) >= 11 is 0. The van der Waals surface area contributed by atoms with E-state index in [1.54, 1.807) is 0 Å². The number of nitrogens with two attached hydrogens (primary N) is 2. The molecule has 0 aliphatic carbocycles. The Hall–Kier alpha value is -2.45. The van der Waals surface area contributed by atoms with Crippen molar-refractivity contribution in [2.24, 2.45) is 5.73 Å². The van der Waals surface area contributed by atoms with Gasteiger partial charge in [0.05, 0.1) is 6.10 Å². The third-order valence-electron chi connectivity index (χ3n) is 4.22. The van der Waals surface area contributed by atoms with E-state index in [-0.39, 0.29) is 17.0 Å². The number of hydrogen-bond donors (Lipinski definition) is 5. The second-order valence-electron chi connectivity index (χ2n) is 5.98. The number of aromatic nitrogens is 3. The van der Waals surface area contributed by atoms with E-state index in [0.717, 1.165) is 10.8 Å². The van der Waals surface area contributed by atoms with Gasteiger partial charge in [0.25, 0.3) is 5.56 Å². The number of hydrogen-bond acceptors (Lipinski definition) is 7. The predicted octanol–water partition coefficient (Wildman–Crippen LogP) is -1.19. The number of halogens is 1. The van der Waals surface area contributed by atoms with Crippen molar-refractivity contribution >= 4 is 17.0 Å². The zero-order valence-corrected chi connectivity index (χ0v) is 13.5. The molecule has 1 aliphatic heterocycles. The number of aliphatic hydroxyl groups excluding tert-OH is 2. The molecule has 1 unspecified atom stereocenters. The summed E-state index contributed by atoms with van der Waals surface area (Å²) in [4.78, 5) is 18.1. The summed E-state index contributed by atoms with van der Waals surface area (Å²) in [6.45, 7) is 2.94. The Kier molecular flexibility index (Phi) is 4.04. The van der Waals surface area contributed by atoms with Gasteiger partial charge < -0.3 is 26.4 Å². The van der Waals surface area contributed by atoms with E-state index < -0.39 is 41.5 Å². The summed E-state index contributed by atoms with van der Waals surface area (Å²) in [5.41, 5.74) is 9.27. The number of rotatable bonds is 2. The van der Waals surface area contributed by atoms with Crippen molar-refractivity contribution in [3.63, 3.8) is 0 Å². The molecule has 0 spiro atoms. The second kappa shape index (κ2) is 5.82. The van der Waals surface area contributed by atoms with Gasteiger partial charge in [-0.25, -0.2) is 4.39 Å². The van der Waals surface area contributed by atoms with Gasteiger partial charge in [-0.2, -0.15) is 4.98 Å². The molecule has 2 aromatic heterocycles. The Morgan fingerprint density at radius 2 is 2.28 bits per heavy atom. The maximum atomic E-state index is 14.3. The molecule has 2 aromatic rings. The number of H-pyrrole nitrogens is 1. The zero-order chi connectivity index (χ0) is 18.5. The largest absolute Gasteiger partial charge is 0.391 e. The number of fused-ring (bicyclic) bond motifs is 1. The number of aliphatic hydroxyl groups is 2. The monoisotopic (exact) mass is 351 g/mol. The van der Waals surface area contributed by atoms with Gasteiger partial charge in [-0.15, -0.1) is 5.92 Å². The third kappa shape index (κ3) is 2.49. The first-order valence-electron chi connectivity index (χ1n) is 7.51. The second-order valence-corrected chi connectivity index (χ2v) is 5.98. The highest BCUT2D eigenvalue weighted by molar-refractivity contribution is 5.77. The number of nitrogens with zero attached hydrogens (tertiary/aromatic N) is 2. The summed E-state index contributed by atoms with van der Waals surface area (Å²) in [5, 5.41) is 20.0. The van der Waals surface area contributed by atoms with E-state index in [9.17, 15) is 19.4 Å². The molecule has 1 saturated heterocycles. The Bertz CT molecular complexity index is 943. The minimum Gasteiger partial charge on any atom is -0.391 e. The Morgan fingerprint density at radius 1 is 1.60 bits per heavy atom. The minimum atomic E-state index is -1.66. The van der Waals surface area contributed by atoms with Crippen LogP contribution < -0.4 is 17.0 Å². The van der Waals surface area contributed by atoms with Crippen LogP contribution in [0.1, 0.15) is 20.1 Å². The summed E-state index contributed by atoms with van der Waals surface area (Å²) in [6, 6.07) is 0. The zero-order valence-electron chi connectivity index (χ0n) is 13.5. The van der Waals surface area contributed by atoms with Crippen LogP contribution >= 0.6 is 0 Å². The molecule has 9 nitrogen and oxygen atoms in total. The van der Waals surface area contributed by atoms with E-state index in [0.29, 0.717) is 0 Å². The average Bonchev–Trinajstić information content (AvgIpc) is 2.96. The van der Waals surface area contributed by atoms with Gasteiger partial charge in [0.1, 0.15) is 17.6 Å². The number of nitrogens with one attached hydrogen (secondary N) is 1. The van der Waals surface area contributed by atoms with Crippen LogP contribution in [0.5, 0.6) is 0 Å². The standard InChI is InChI=1S/C15H18FN5O4/c1-3-4-15(18)10(23)9(6(2)22)25-13(15)21-5-7(16)8-11(21)19-14(17)20-12(8)24/h5-6,9-10,13,22-23H,18H2,1-2H3,(H3,17,19,20,24)/t6-,9-,10+,13-,15?/m1/s1. The quantitative estimate of drug-likeness (QED) is 0.426. The average molecular weight is 351 g/mol. The molecule has 10 heteroatoms. The first-order valence-corrected chi connectivity index (χ1v) is 7.51. The molecule has 0 amide bonds. The number of nitrogen functional groups attached to an aromatic ring is 1. The SMILES string of the molecule is CC#CC1(N)[C@@H](O)[C@@H]([C@@H](C)O)O[C@H]1n1cc(F)c2c(=O)[nH]c(N)nc21. The molecule has 134 valence electrons. The highest BCUT2D eigenvalue weighted by Gasteiger charge is 2.56. The van der Waals surface area contributed by atoms with Crippen LogP contribution in [0.15, 0.2) is 11.0 Å². The summed E-state index contributed by atoms with van der Waals surface area (Å²) in [7, 11) is 0. The predicted molar refractivity (Wildman–Crippen MR) is 86.7 cm³/mol. The van der Waals surface area contributed by atoms with Crippen molar-refractivity contribution in [1.82, 2.24) is 14.5 Å². The fourth-order valence-electron chi connectivity index (χ4n) is 3.09. The topological polar surface area (TPSA) is 152 Å². The van der Waals surface area contributed by atoms with Crippen LogP contribution in [-0.2, 0) is 4.74 Å². The van der Waals surface area contributed by atoms with Gasteiger partial charge in [-0.3, -0.25) is 14.3 Å². The highest BCUT2D eigenvalue weighted by Crippen LogP contribution is 2.39. The molecular formula is C15H18FN5O4. The van der Waals surface area contributed by atoms with Crippen molar-refractivity contribution in [1.29, 1.82) is 0 Å². The third-order valence-corrected chi connectivity index (χ3v) is 4.22. The van der Waals surface area contributed by atoms with Crippen LogP contribution in [0.25, 0.3) is 11.0 Å². The molecule has 3 rings (SSSR count). The van der Waals surface area contributed by atoms with Crippen molar-refractivity contribution < 1.29 is 19.3 Å². The van der Waals surface area contributed by atoms with E-state index >= 15 is 0 Å². The van der Waals surface area contributed by atoms with E-state index in [1.807, 2.05) is 0 Å². The van der Waals surface area contributed by atoms with Crippen LogP contribution in [0.2, 0.25) is 0 Å². The van der Waals surface area contributed by atoms with E-state index in [2.05, 4.69) is 21.8 Å². The van der Waals surface area contributed by atoms with Crippen molar-refractivity contribution in [3.8, 4) is 11.8 Å². The first-order chi connectivity index (χ1) is 11.7. The van der Waals surface area contributed by atoms with Crippen molar-refractivity contribution in [2.75, 3.05) is 5.73 Å². The van der Waals surface area contributed by atoms with Gasteiger partial charge >= 0.3 is 0 Å². The van der Waals surface area contributed by atoms with Crippen LogP contribution in [0, 0.1) is 17.7 Å². The van der Waals surface area contributed by atoms with Crippen molar-refractivity contribution in [2.45, 2.75) is 43.9 Å². The summed E-state index contributed by atoms with van der Waals surface area (Å²) in [5.74, 6) is 4.19. The first kappa shape index (κ1) is 17.4. The number of aromatic amines is 1. The molecule has 0 saturated carbocycles. The molecule has 1 aliphatic rings. The Morgan fingerprint density at radius 3 is 2.88 bits per heavy atom. The fraction of sp³-hybridized carbons (Fsp3) is 0.467. The number of anilines is 1. The molecule has 0 radical (unpaired) electrons. The Labute approximate surface area is 141 Å². The van der Waals surface area contributed by atoms with Gasteiger partial charge in [-0.05, 0) is 13.8 Å². The molecule has 3 heterocycles. The molecule has 0 bridgehead atoms. The lowest BCUT2D eigenvalue weighted by molar-refractivity contribution is -0.0756. The van der Waals surface area contributed by atoms with Gasteiger partial charge in [0.2, 0.25) is 5.95 Å². The van der Waals surface area contributed by atoms with Gasteiger partial charge in [0.15, 0.2) is 23.2 Å². The van der Waals surface area contributed by atoms with E-state index in [4.69, 9.17) is 16.2 Å². The molecule has 25 heavy (non-hydrogen) atoms. The molecule has 7 N–H and O–H groups in total. The lowest BCUT2D eigenvalue weighted by Crippen LogP contribution is -2.54. The van der Waals surface area contributed by atoms with Crippen LogP contribution in [0.4, 0.5) is 10.3 Å². The minimum absolute atomic E-state index is 0.102. The van der Waals surface area contributed by atoms with Gasteiger partial charge in [-0.1, -0.05) is 5.92 Å². The lowest BCUT2D eigenvalue weighted by atomic mass is 9.90. The number of ether oxygens (including phenoxy) is 1. The van der Waals surface area contributed by atoms with Crippen LogP contribution in [-0.4, -0.2) is 48.6 Å². The molecule has 0 aromatic carbocycles.